The van der Waals surface area contributed by atoms with Gasteiger partial charge in [0.05, 0.1) is 11.9 Å². The van der Waals surface area contributed by atoms with Crippen molar-refractivity contribution in [2.45, 2.75) is 45.3 Å². The molecule has 11 heteroatoms. The van der Waals surface area contributed by atoms with E-state index in [4.69, 9.17) is 21.1 Å². The van der Waals surface area contributed by atoms with Crippen LogP contribution in [0.3, 0.4) is 0 Å². The summed E-state index contributed by atoms with van der Waals surface area (Å²) in [6.07, 6.45) is 1.98. The minimum Gasteiger partial charge on any atom is -0.454 e. The van der Waals surface area contributed by atoms with E-state index in [1.165, 1.54) is 11.0 Å². The summed E-state index contributed by atoms with van der Waals surface area (Å²) in [5.41, 5.74) is 1.85. The number of anilines is 1. The largest absolute Gasteiger partial charge is 0.454 e. The molecular weight excluding hydrogens is 566 g/mol. The van der Waals surface area contributed by atoms with Gasteiger partial charge in [-0.2, -0.15) is 0 Å². The molecule has 0 spiro atoms. The molecule has 0 fully saturated rings. The minimum absolute atomic E-state index is 0.0257. The molecule has 2 atom stereocenters. The Morgan fingerprint density at radius 1 is 0.976 bits per heavy atom. The summed E-state index contributed by atoms with van der Waals surface area (Å²) in [6.45, 7) is 3.43. The fourth-order valence-corrected chi connectivity index (χ4v) is 5.40. The zero-order chi connectivity index (χ0) is 29.6. The van der Waals surface area contributed by atoms with Crippen molar-refractivity contribution in [1.82, 2.24) is 10.2 Å². The van der Waals surface area contributed by atoms with Gasteiger partial charge >= 0.3 is 0 Å². The number of sulfonamides is 1. The number of halogens is 1. The van der Waals surface area contributed by atoms with E-state index in [0.29, 0.717) is 22.9 Å². The second-order valence-corrected chi connectivity index (χ2v) is 12.3. The normalized spacial score (nSPS) is 13.8. The molecule has 3 aromatic rings. The average Bonchev–Trinajstić information content (AvgIpc) is 3.42. The highest BCUT2D eigenvalue weighted by Crippen LogP contribution is 2.36. The molecule has 0 aliphatic carbocycles. The second-order valence-electron chi connectivity index (χ2n) is 9.98. The van der Waals surface area contributed by atoms with Crippen molar-refractivity contribution >= 4 is 39.1 Å². The summed E-state index contributed by atoms with van der Waals surface area (Å²) in [5, 5.41) is 3.54. The molecule has 1 heterocycles. The van der Waals surface area contributed by atoms with E-state index in [1.807, 2.05) is 44.2 Å². The van der Waals surface area contributed by atoms with Crippen molar-refractivity contribution in [3.8, 4) is 11.5 Å². The SMILES string of the molecule is CC[C@H](C)NC(=O)[C@H](Cc1ccccc1)N(Cc1ccc(Cl)cc1)C(=O)CN(c1ccc2c(c1)OCO2)S(C)(=O)=O. The van der Waals surface area contributed by atoms with Crippen molar-refractivity contribution in [3.05, 3.63) is 88.9 Å². The summed E-state index contributed by atoms with van der Waals surface area (Å²) < 4.78 is 37.7. The molecule has 0 saturated heterocycles. The Morgan fingerprint density at radius 3 is 2.32 bits per heavy atom. The third-order valence-electron chi connectivity index (χ3n) is 6.86. The number of carbonyl (C=O) groups excluding carboxylic acids is 2. The van der Waals surface area contributed by atoms with Gasteiger partial charge in [0.25, 0.3) is 0 Å². The van der Waals surface area contributed by atoms with Crippen molar-refractivity contribution in [2.75, 3.05) is 23.9 Å². The Labute approximate surface area is 246 Å². The molecule has 1 aliphatic rings. The Hall–Kier alpha value is -3.76. The smallest absolute Gasteiger partial charge is 0.244 e. The minimum atomic E-state index is -3.90. The number of hydrogen-bond acceptors (Lipinski definition) is 6. The lowest BCUT2D eigenvalue weighted by atomic mass is 10.0. The van der Waals surface area contributed by atoms with Gasteiger partial charge in [-0.15, -0.1) is 0 Å². The first-order valence-corrected chi connectivity index (χ1v) is 15.5. The molecule has 0 radical (unpaired) electrons. The number of benzene rings is 3. The standard InChI is InChI=1S/C30H34ClN3O6S/c1-4-21(2)32-30(36)26(16-22-8-6-5-7-9-22)33(18-23-10-12-24(31)13-11-23)29(35)19-34(41(3,37)38)25-14-15-27-28(17-25)40-20-39-27/h5-15,17,21,26H,4,16,18-20H2,1-3H3,(H,32,36)/t21-,26-/m0/s1. The predicted molar refractivity (Wildman–Crippen MR) is 159 cm³/mol. The van der Waals surface area contributed by atoms with E-state index in [-0.39, 0.29) is 37.4 Å². The van der Waals surface area contributed by atoms with E-state index < -0.39 is 28.5 Å². The van der Waals surface area contributed by atoms with Crippen LogP contribution in [0.2, 0.25) is 5.02 Å². The maximum absolute atomic E-state index is 14.1. The van der Waals surface area contributed by atoms with Gasteiger partial charge in [0.2, 0.25) is 28.6 Å². The van der Waals surface area contributed by atoms with Gasteiger partial charge in [0, 0.05) is 30.1 Å². The first-order valence-electron chi connectivity index (χ1n) is 13.3. The predicted octanol–water partition coefficient (Wildman–Crippen LogP) is 4.39. The summed E-state index contributed by atoms with van der Waals surface area (Å²) in [7, 11) is -3.90. The maximum Gasteiger partial charge on any atom is 0.244 e. The van der Waals surface area contributed by atoms with Crippen molar-refractivity contribution in [1.29, 1.82) is 0 Å². The van der Waals surface area contributed by atoms with Crippen LogP contribution in [0.5, 0.6) is 11.5 Å². The number of amides is 2. The molecule has 0 saturated carbocycles. The molecule has 218 valence electrons. The zero-order valence-corrected chi connectivity index (χ0v) is 24.8. The van der Waals surface area contributed by atoms with Crippen LogP contribution in [0, 0.1) is 0 Å². The van der Waals surface area contributed by atoms with Gasteiger partial charge in [0.1, 0.15) is 12.6 Å². The van der Waals surface area contributed by atoms with E-state index in [1.54, 1.807) is 36.4 Å². The topological polar surface area (TPSA) is 105 Å². The Balaban J connectivity index is 1.72. The highest BCUT2D eigenvalue weighted by atomic mass is 35.5. The van der Waals surface area contributed by atoms with E-state index in [9.17, 15) is 18.0 Å². The van der Waals surface area contributed by atoms with Gasteiger partial charge in [-0.25, -0.2) is 8.42 Å². The third kappa shape index (κ3) is 7.92. The fraction of sp³-hybridized carbons (Fsp3) is 0.333. The molecule has 0 aromatic heterocycles. The van der Waals surface area contributed by atoms with Crippen LogP contribution in [0.25, 0.3) is 0 Å². The molecule has 0 unspecified atom stereocenters. The van der Waals surface area contributed by atoms with Crippen LogP contribution in [0.15, 0.2) is 72.8 Å². The van der Waals surface area contributed by atoms with Crippen LogP contribution in [0.1, 0.15) is 31.4 Å². The number of nitrogens with one attached hydrogen (secondary N) is 1. The van der Waals surface area contributed by atoms with Crippen molar-refractivity contribution in [3.63, 3.8) is 0 Å². The van der Waals surface area contributed by atoms with Crippen molar-refractivity contribution < 1.29 is 27.5 Å². The Kier molecular flexibility index (Phi) is 9.77. The van der Waals surface area contributed by atoms with Crippen LogP contribution in [-0.4, -0.2) is 56.8 Å². The molecule has 1 aliphatic heterocycles. The molecule has 9 nitrogen and oxygen atoms in total. The van der Waals surface area contributed by atoms with Gasteiger partial charge < -0.3 is 19.7 Å². The molecule has 3 aromatic carbocycles. The third-order valence-corrected chi connectivity index (χ3v) is 8.25. The highest BCUT2D eigenvalue weighted by molar-refractivity contribution is 7.92. The van der Waals surface area contributed by atoms with Crippen LogP contribution >= 0.6 is 11.6 Å². The highest BCUT2D eigenvalue weighted by Gasteiger charge is 2.33. The number of ether oxygens (including phenoxy) is 2. The van der Waals surface area contributed by atoms with E-state index >= 15 is 0 Å². The summed E-state index contributed by atoms with van der Waals surface area (Å²) in [5.74, 6) is 0.0156. The maximum atomic E-state index is 14.1. The summed E-state index contributed by atoms with van der Waals surface area (Å²) in [4.78, 5) is 29.3. The molecule has 2 amide bonds. The first kappa shape index (κ1) is 30.2. The van der Waals surface area contributed by atoms with E-state index in [2.05, 4.69) is 5.32 Å². The number of nitrogens with zero attached hydrogens (tertiary/aromatic N) is 2. The fourth-order valence-electron chi connectivity index (χ4n) is 4.44. The monoisotopic (exact) mass is 599 g/mol. The Bertz CT molecular complexity index is 1470. The number of carbonyl (C=O) groups is 2. The second kappa shape index (κ2) is 13.3. The zero-order valence-electron chi connectivity index (χ0n) is 23.2. The van der Waals surface area contributed by atoms with Crippen LogP contribution < -0.4 is 19.1 Å². The number of hydrogen-bond donors (Lipinski definition) is 1. The van der Waals surface area contributed by atoms with Gasteiger partial charge in [0.15, 0.2) is 11.5 Å². The lowest BCUT2D eigenvalue weighted by molar-refractivity contribution is -0.140. The summed E-state index contributed by atoms with van der Waals surface area (Å²) >= 11 is 6.09. The molecule has 41 heavy (non-hydrogen) atoms. The van der Waals surface area contributed by atoms with Gasteiger partial charge in [-0.3, -0.25) is 13.9 Å². The lowest BCUT2D eigenvalue weighted by Crippen LogP contribution is -2.54. The lowest BCUT2D eigenvalue weighted by Gasteiger charge is -2.34. The van der Waals surface area contributed by atoms with E-state index in [0.717, 1.165) is 21.7 Å². The van der Waals surface area contributed by atoms with Crippen molar-refractivity contribution in [2.24, 2.45) is 0 Å². The summed E-state index contributed by atoms with van der Waals surface area (Å²) in [6, 6.07) is 20.0. The van der Waals surface area contributed by atoms with Gasteiger partial charge in [-0.05, 0) is 48.7 Å². The molecule has 0 bridgehead atoms. The van der Waals surface area contributed by atoms with Gasteiger partial charge in [-0.1, -0.05) is 61.0 Å². The number of fused-ring (bicyclic) bond motifs is 1. The number of rotatable bonds is 12. The molecule has 4 rings (SSSR count). The average molecular weight is 600 g/mol. The Morgan fingerprint density at radius 2 is 1.66 bits per heavy atom. The van der Waals surface area contributed by atoms with Crippen LogP contribution in [0.4, 0.5) is 5.69 Å². The van der Waals surface area contributed by atoms with Crippen LogP contribution in [-0.2, 0) is 32.6 Å². The molecular formula is C30H34ClN3O6S. The first-order chi connectivity index (χ1) is 19.5. The molecule has 1 N–H and O–H groups in total. The quantitative estimate of drug-likeness (QED) is 0.331.